The number of amides is 1. The van der Waals surface area contributed by atoms with E-state index in [2.05, 4.69) is 10.2 Å². The van der Waals surface area contributed by atoms with E-state index in [9.17, 15) is 4.79 Å². The first-order chi connectivity index (χ1) is 10.7. The maximum Gasteiger partial charge on any atom is 0.225 e. The third-order valence-electron chi connectivity index (χ3n) is 4.06. The molecule has 0 saturated carbocycles. The van der Waals surface area contributed by atoms with Gasteiger partial charge in [0.2, 0.25) is 5.91 Å². The fraction of sp³-hybridized carbons (Fsp3) is 0.611. The SMILES string of the molecule is Cc1ccc(NC(=O)CCSCCN2CCCCCC2)cc1. The molecule has 1 saturated heterocycles. The number of aryl methyl sites for hydroxylation is 1. The van der Waals surface area contributed by atoms with E-state index in [1.54, 1.807) is 0 Å². The summed E-state index contributed by atoms with van der Waals surface area (Å²) >= 11 is 1.89. The van der Waals surface area contributed by atoms with Gasteiger partial charge >= 0.3 is 0 Å². The van der Waals surface area contributed by atoms with E-state index in [0.29, 0.717) is 6.42 Å². The second-order valence-corrected chi connectivity index (χ2v) is 7.26. The number of anilines is 1. The molecule has 0 unspecified atom stereocenters. The van der Waals surface area contributed by atoms with Crippen LogP contribution >= 0.6 is 11.8 Å². The second kappa shape index (κ2) is 9.90. The Balaban J connectivity index is 1.54. The van der Waals surface area contributed by atoms with E-state index in [1.165, 1.54) is 50.9 Å². The predicted molar refractivity (Wildman–Crippen MR) is 96.7 cm³/mol. The summed E-state index contributed by atoms with van der Waals surface area (Å²) in [5.41, 5.74) is 2.10. The molecule has 0 aliphatic carbocycles. The fourth-order valence-corrected chi connectivity index (χ4v) is 3.60. The normalized spacial score (nSPS) is 16.2. The number of carbonyl (C=O) groups is 1. The van der Waals surface area contributed by atoms with Crippen LogP contribution in [-0.2, 0) is 4.79 Å². The smallest absolute Gasteiger partial charge is 0.225 e. The lowest BCUT2D eigenvalue weighted by Gasteiger charge is -2.19. The lowest BCUT2D eigenvalue weighted by Crippen LogP contribution is -2.27. The Morgan fingerprint density at radius 1 is 1.09 bits per heavy atom. The van der Waals surface area contributed by atoms with Gasteiger partial charge in [-0.2, -0.15) is 11.8 Å². The van der Waals surface area contributed by atoms with Gasteiger partial charge in [-0.1, -0.05) is 30.5 Å². The Kier molecular flexibility index (Phi) is 7.81. The van der Waals surface area contributed by atoms with Crippen LogP contribution in [0.5, 0.6) is 0 Å². The average molecular weight is 321 g/mol. The van der Waals surface area contributed by atoms with Crippen molar-refractivity contribution >= 4 is 23.4 Å². The summed E-state index contributed by atoms with van der Waals surface area (Å²) in [6, 6.07) is 7.95. The van der Waals surface area contributed by atoms with Crippen molar-refractivity contribution in [2.45, 2.75) is 39.0 Å². The first-order valence-corrected chi connectivity index (χ1v) is 9.56. The number of likely N-dealkylation sites (tertiary alicyclic amines) is 1. The van der Waals surface area contributed by atoms with Gasteiger partial charge in [-0.05, 0) is 45.0 Å². The van der Waals surface area contributed by atoms with E-state index in [4.69, 9.17) is 0 Å². The molecule has 4 heteroatoms. The molecule has 1 aromatic carbocycles. The van der Waals surface area contributed by atoms with Crippen LogP contribution in [0.3, 0.4) is 0 Å². The topological polar surface area (TPSA) is 32.3 Å². The zero-order valence-electron chi connectivity index (χ0n) is 13.6. The molecular weight excluding hydrogens is 292 g/mol. The molecule has 0 spiro atoms. The van der Waals surface area contributed by atoms with Crippen LogP contribution in [0.15, 0.2) is 24.3 Å². The molecule has 0 atom stereocenters. The van der Waals surface area contributed by atoms with Crippen molar-refractivity contribution in [2.75, 3.05) is 36.5 Å². The summed E-state index contributed by atoms with van der Waals surface area (Å²) in [6.45, 7) is 5.74. The fourth-order valence-electron chi connectivity index (χ4n) is 2.68. The summed E-state index contributed by atoms with van der Waals surface area (Å²) in [5.74, 6) is 2.16. The van der Waals surface area contributed by atoms with Crippen LogP contribution in [0.2, 0.25) is 0 Å². The Hall–Kier alpha value is -1.00. The molecule has 2 rings (SSSR count). The van der Waals surface area contributed by atoms with Gasteiger partial charge in [-0.15, -0.1) is 0 Å². The van der Waals surface area contributed by atoms with Crippen molar-refractivity contribution in [1.82, 2.24) is 4.90 Å². The Morgan fingerprint density at radius 3 is 2.45 bits per heavy atom. The summed E-state index contributed by atoms with van der Waals surface area (Å²) < 4.78 is 0. The number of carbonyl (C=O) groups excluding carboxylic acids is 1. The highest BCUT2D eigenvalue weighted by Crippen LogP contribution is 2.12. The van der Waals surface area contributed by atoms with E-state index in [-0.39, 0.29) is 5.91 Å². The highest BCUT2D eigenvalue weighted by molar-refractivity contribution is 7.99. The molecule has 1 amide bonds. The summed E-state index contributed by atoms with van der Waals surface area (Å²) in [5, 5.41) is 2.95. The monoisotopic (exact) mass is 320 g/mol. The molecule has 1 aliphatic rings. The second-order valence-electron chi connectivity index (χ2n) is 6.03. The largest absolute Gasteiger partial charge is 0.326 e. The Labute approximate surface area is 138 Å². The number of rotatable bonds is 7. The van der Waals surface area contributed by atoms with Crippen molar-refractivity contribution in [3.8, 4) is 0 Å². The molecular formula is C18H28N2OS. The number of benzene rings is 1. The molecule has 0 aromatic heterocycles. The van der Waals surface area contributed by atoms with Gasteiger partial charge in [0.25, 0.3) is 0 Å². The van der Waals surface area contributed by atoms with Gasteiger partial charge in [0.15, 0.2) is 0 Å². The van der Waals surface area contributed by atoms with E-state index in [0.717, 1.165) is 17.2 Å². The highest BCUT2D eigenvalue weighted by Gasteiger charge is 2.08. The highest BCUT2D eigenvalue weighted by atomic mass is 32.2. The van der Waals surface area contributed by atoms with Crippen molar-refractivity contribution < 1.29 is 4.79 Å². The van der Waals surface area contributed by atoms with Crippen molar-refractivity contribution in [3.63, 3.8) is 0 Å². The summed E-state index contributed by atoms with van der Waals surface area (Å²) in [7, 11) is 0. The molecule has 1 N–H and O–H groups in total. The van der Waals surface area contributed by atoms with E-state index in [1.807, 2.05) is 43.0 Å². The zero-order valence-corrected chi connectivity index (χ0v) is 14.5. The molecule has 1 fully saturated rings. The van der Waals surface area contributed by atoms with Crippen LogP contribution in [0, 0.1) is 6.92 Å². The Morgan fingerprint density at radius 2 is 1.77 bits per heavy atom. The minimum absolute atomic E-state index is 0.117. The van der Waals surface area contributed by atoms with Crippen molar-refractivity contribution in [1.29, 1.82) is 0 Å². The van der Waals surface area contributed by atoms with Crippen molar-refractivity contribution in [3.05, 3.63) is 29.8 Å². The first-order valence-electron chi connectivity index (χ1n) is 8.41. The molecule has 3 nitrogen and oxygen atoms in total. The summed E-state index contributed by atoms with van der Waals surface area (Å²) in [6.07, 6.45) is 6.08. The molecule has 1 aromatic rings. The number of hydrogen-bond donors (Lipinski definition) is 1. The van der Waals surface area contributed by atoms with Crippen LogP contribution < -0.4 is 5.32 Å². The van der Waals surface area contributed by atoms with Crippen LogP contribution in [-0.4, -0.2) is 41.9 Å². The summed E-state index contributed by atoms with van der Waals surface area (Å²) in [4.78, 5) is 14.4. The third kappa shape index (κ3) is 6.84. The molecule has 22 heavy (non-hydrogen) atoms. The first kappa shape index (κ1) is 17.4. The molecule has 1 heterocycles. The third-order valence-corrected chi connectivity index (χ3v) is 5.02. The van der Waals surface area contributed by atoms with E-state index >= 15 is 0 Å². The molecule has 122 valence electrons. The minimum atomic E-state index is 0.117. The number of thioether (sulfide) groups is 1. The average Bonchev–Trinajstić information content (AvgIpc) is 2.78. The van der Waals surface area contributed by atoms with Crippen molar-refractivity contribution in [2.24, 2.45) is 0 Å². The minimum Gasteiger partial charge on any atom is -0.326 e. The predicted octanol–water partition coefficient (Wildman–Crippen LogP) is 3.93. The van der Waals surface area contributed by atoms with E-state index < -0.39 is 0 Å². The zero-order chi connectivity index (χ0) is 15.6. The molecule has 0 bridgehead atoms. The van der Waals surface area contributed by atoms with Gasteiger partial charge < -0.3 is 10.2 Å². The standard InChI is InChI=1S/C18H28N2OS/c1-16-6-8-17(9-7-16)19-18(21)10-14-22-15-13-20-11-4-2-3-5-12-20/h6-9H,2-5,10-15H2,1H3,(H,19,21). The lowest BCUT2D eigenvalue weighted by molar-refractivity contribution is -0.115. The van der Waals surface area contributed by atoms with Gasteiger partial charge in [0.05, 0.1) is 0 Å². The van der Waals surface area contributed by atoms with Crippen LogP contribution in [0.4, 0.5) is 5.69 Å². The number of hydrogen-bond acceptors (Lipinski definition) is 3. The van der Waals surface area contributed by atoms with Crippen LogP contribution in [0.1, 0.15) is 37.7 Å². The maximum atomic E-state index is 11.9. The van der Waals surface area contributed by atoms with Gasteiger partial charge in [-0.3, -0.25) is 4.79 Å². The number of nitrogens with zero attached hydrogens (tertiary/aromatic N) is 1. The maximum absolute atomic E-state index is 11.9. The number of nitrogens with one attached hydrogen (secondary N) is 1. The van der Waals surface area contributed by atoms with Gasteiger partial charge in [0, 0.05) is 30.2 Å². The lowest BCUT2D eigenvalue weighted by atomic mass is 10.2. The molecule has 1 aliphatic heterocycles. The quantitative estimate of drug-likeness (QED) is 0.773. The van der Waals surface area contributed by atoms with Gasteiger partial charge in [-0.25, -0.2) is 0 Å². The Bertz CT molecular complexity index is 439. The van der Waals surface area contributed by atoms with Gasteiger partial charge in [0.1, 0.15) is 0 Å². The van der Waals surface area contributed by atoms with Crippen LogP contribution in [0.25, 0.3) is 0 Å². The molecule has 0 radical (unpaired) electrons.